The number of anilines is 2. The highest BCUT2D eigenvalue weighted by Crippen LogP contribution is 2.18. The van der Waals surface area contributed by atoms with Crippen molar-refractivity contribution in [2.24, 2.45) is 5.84 Å². The SMILES string of the molecule is COCc1nc(NN)cc(N(C)CC2CCCCO2)n1. The van der Waals surface area contributed by atoms with Crippen LogP contribution in [0.3, 0.4) is 0 Å². The van der Waals surface area contributed by atoms with Gasteiger partial charge in [-0.3, -0.25) is 0 Å². The van der Waals surface area contributed by atoms with Crippen LogP contribution >= 0.6 is 0 Å². The topological polar surface area (TPSA) is 85.5 Å². The third kappa shape index (κ3) is 4.03. The third-order valence-corrected chi connectivity index (χ3v) is 3.32. The quantitative estimate of drug-likeness (QED) is 0.592. The molecule has 7 nitrogen and oxygen atoms in total. The first-order chi connectivity index (χ1) is 9.72. The fraction of sp³-hybridized carbons (Fsp3) is 0.692. The van der Waals surface area contributed by atoms with E-state index >= 15 is 0 Å². The van der Waals surface area contributed by atoms with Crippen LogP contribution in [0.2, 0.25) is 0 Å². The number of nitrogens with one attached hydrogen (secondary N) is 1. The molecule has 0 amide bonds. The molecule has 0 spiro atoms. The Balaban J connectivity index is 2.06. The van der Waals surface area contributed by atoms with Gasteiger partial charge in [-0.1, -0.05) is 0 Å². The van der Waals surface area contributed by atoms with E-state index in [2.05, 4.69) is 20.3 Å². The summed E-state index contributed by atoms with van der Waals surface area (Å²) < 4.78 is 10.8. The first kappa shape index (κ1) is 15.0. The summed E-state index contributed by atoms with van der Waals surface area (Å²) in [6.07, 6.45) is 3.76. The molecule has 2 rings (SSSR count). The molecule has 1 aromatic heterocycles. The van der Waals surface area contributed by atoms with E-state index in [9.17, 15) is 0 Å². The van der Waals surface area contributed by atoms with E-state index in [4.69, 9.17) is 15.3 Å². The standard InChI is InChI=1S/C13H23N5O2/c1-18(8-10-5-3-4-6-20-10)13-7-11(17-14)15-12(16-13)9-19-2/h7,10H,3-6,8-9,14H2,1-2H3,(H,15,16,17). The van der Waals surface area contributed by atoms with Crippen molar-refractivity contribution in [3.8, 4) is 0 Å². The van der Waals surface area contributed by atoms with Crippen LogP contribution < -0.4 is 16.2 Å². The number of rotatable bonds is 6. The second-order valence-corrected chi connectivity index (χ2v) is 4.97. The molecule has 0 aliphatic carbocycles. The number of hydrogen-bond acceptors (Lipinski definition) is 7. The maximum Gasteiger partial charge on any atom is 0.158 e. The molecule has 0 aromatic carbocycles. The lowest BCUT2D eigenvalue weighted by Crippen LogP contribution is -2.34. The average molecular weight is 281 g/mol. The van der Waals surface area contributed by atoms with Crippen LogP contribution in [0.4, 0.5) is 11.6 Å². The predicted octanol–water partition coefficient (Wildman–Crippen LogP) is 0.914. The van der Waals surface area contributed by atoms with Crippen molar-refractivity contribution >= 4 is 11.6 Å². The van der Waals surface area contributed by atoms with Gasteiger partial charge in [0.05, 0.1) is 6.10 Å². The van der Waals surface area contributed by atoms with Gasteiger partial charge in [-0.15, -0.1) is 0 Å². The molecule has 3 N–H and O–H groups in total. The Kier molecular flexibility index (Phi) is 5.51. The highest BCUT2D eigenvalue weighted by atomic mass is 16.5. The molecule has 2 heterocycles. The first-order valence-electron chi connectivity index (χ1n) is 6.89. The summed E-state index contributed by atoms with van der Waals surface area (Å²) >= 11 is 0. The van der Waals surface area contributed by atoms with Crippen LogP contribution in [0.5, 0.6) is 0 Å². The zero-order valence-corrected chi connectivity index (χ0v) is 12.1. The van der Waals surface area contributed by atoms with Gasteiger partial charge in [-0.05, 0) is 19.3 Å². The van der Waals surface area contributed by atoms with E-state index in [-0.39, 0.29) is 6.10 Å². The maximum atomic E-state index is 5.75. The Morgan fingerprint density at radius 2 is 2.35 bits per heavy atom. The smallest absolute Gasteiger partial charge is 0.158 e. The number of aromatic nitrogens is 2. The second kappa shape index (κ2) is 7.37. The van der Waals surface area contributed by atoms with Crippen molar-refractivity contribution in [1.29, 1.82) is 0 Å². The van der Waals surface area contributed by atoms with E-state index in [1.807, 2.05) is 13.1 Å². The van der Waals surface area contributed by atoms with Crippen molar-refractivity contribution in [2.45, 2.75) is 32.0 Å². The zero-order chi connectivity index (χ0) is 14.4. The minimum absolute atomic E-state index is 0.267. The summed E-state index contributed by atoms with van der Waals surface area (Å²) in [5, 5.41) is 0. The van der Waals surface area contributed by atoms with Gasteiger partial charge in [0.15, 0.2) is 5.82 Å². The van der Waals surface area contributed by atoms with Gasteiger partial charge in [-0.25, -0.2) is 15.8 Å². The number of hydrogen-bond donors (Lipinski definition) is 2. The van der Waals surface area contributed by atoms with Crippen molar-refractivity contribution in [1.82, 2.24) is 9.97 Å². The van der Waals surface area contributed by atoms with Crippen LogP contribution in [0, 0.1) is 0 Å². The van der Waals surface area contributed by atoms with Crippen LogP contribution in [-0.2, 0) is 16.1 Å². The van der Waals surface area contributed by atoms with Crippen LogP contribution in [0.1, 0.15) is 25.1 Å². The molecule has 20 heavy (non-hydrogen) atoms. The van der Waals surface area contributed by atoms with Crippen LogP contribution in [-0.4, -0.2) is 43.4 Å². The predicted molar refractivity (Wildman–Crippen MR) is 77.4 cm³/mol. The van der Waals surface area contributed by atoms with Gasteiger partial charge in [0.1, 0.15) is 18.2 Å². The summed E-state index contributed by atoms with van der Waals surface area (Å²) in [6.45, 7) is 2.02. The lowest BCUT2D eigenvalue weighted by molar-refractivity contribution is 0.0215. The van der Waals surface area contributed by atoms with Crippen molar-refractivity contribution in [3.05, 3.63) is 11.9 Å². The normalized spacial score (nSPS) is 18.9. The summed E-state index contributed by atoms with van der Waals surface area (Å²) in [7, 11) is 3.61. The molecular weight excluding hydrogens is 258 g/mol. The Labute approximate surface area is 119 Å². The molecule has 0 bridgehead atoms. The molecule has 1 aromatic rings. The van der Waals surface area contributed by atoms with E-state index in [1.54, 1.807) is 7.11 Å². The van der Waals surface area contributed by atoms with Crippen molar-refractivity contribution in [2.75, 3.05) is 37.6 Å². The van der Waals surface area contributed by atoms with Gasteiger partial charge >= 0.3 is 0 Å². The number of ether oxygens (including phenoxy) is 2. The molecule has 1 unspecified atom stereocenters. The molecular formula is C13H23N5O2. The fourth-order valence-electron chi connectivity index (χ4n) is 2.30. The second-order valence-electron chi connectivity index (χ2n) is 4.97. The molecule has 112 valence electrons. The molecule has 0 saturated carbocycles. The van der Waals surface area contributed by atoms with E-state index < -0.39 is 0 Å². The van der Waals surface area contributed by atoms with Gasteiger partial charge in [0, 0.05) is 33.4 Å². The Hall–Kier alpha value is -1.44. The van der Waals surface area contributed by atoms with Crippen LogP contribution in [0.25, 0.3) is 0 Å². The van der Waals surface area contributed by atoms with E-state index in [0.29, 0.717) is 18.2 Å². The minimum Gasteiger partial charge on any atom is -0.377 e. The average Bonchev–Trinajstić information content (AvgIpc) is 2.48. The number of hydrazine groups is 1. The molecule has 1 aliphatic rings. The fourth-order valence-corrected chi connectivity index (χ4v) is 2.30. The Bertz CT molecular complexity index is 423. The highest BCUT2D eigenvalue weighted by molar-refractivity contribution is 5.48. The highest BCUT2D eigenvalue weighted by Gasteiger charge is 2.17. The zero-order valence-electron chi connectivity index (χ0n) is 12.1. The molecule has 7 heteroatoms. The largest absolute Gasteiger partial charge is 0.377 e. The monoisotopic (exact) mass is 281 g/mol. The van der Waals surface area contributed by atoms with Gasteiger partial charge in [0.25, 0.3) is 0 Å². The number of nitrogens with two attached hydrogens (primary N) is 1. The Morgan fingerprint density at radius 3 is 3.00 bits per heavy atom. The molecule has 1 saturated heterocycles. The minimum atomic E-state index is 0.267. The lowest BCUT2D eigenvalue weighted by atomic mass is 10.1. The molecule has 1 atom stereocenters. The van der Waals surface area contributed by atoms with Crippen molar-refractivity contribution < 1.29 is 9.47 Å². The summed E-state index contributed by atoms with van der Waals surface area (Å²) in [5.41, 5.74) is 2.56. The van der Waals surface area contributed by atoms with Crippen molar-refractivity contribution in [3.63, 3.8) is 0 Å². The van der Waals surface area contributed by atoms with Gasteiger partial charge < -0.3 is 19.8 Å². The summed E-state index contributed by atoms with van der Waals surface area (Å²) in [5.74, 6) is 7.45. The molecule has 1 aliphatic heterocycles. The lowest BCUT2D eigenvalue weighted by Gasteiger charge is -2.28. The van der Waals surface area contributed by atoms with E-state index in [1.165, 1.54) is 6.42 Å². The van der Waals surface area contributed by atoms with E-state index in [0.717, 1.165) is 31.8 Å². The first-order valence-corrected chi connectivity index (χ1v) is 6.89. The van der Waals surface area contributed by atoms with Gasteiger partial charge in [0.2, 0.25) is 0 Å². The number of nitrogens with zero attached hydrogens (tertiary/aromatic N) is 3. The van der Waals surface area contributed by atoms with Gasteiger partial charge in [-0.2, -0.15) is 0 Å². The number of methoxy groups -OCH3 is 1. The third-order valence-electron chi connectivity index (χ3n) is 3.32. The Morgan fingerprint density at radius 1 is 1.50 bits per heavy atom. The number of likely N-dealkylation sites (N-methyl/N-ethyl adjacent to an activating group) is 1. The number of nitrogen functional groups attached to an aromatic ring is 1. The summed E-state index contributed by atoms with van der Waals surface area (Å²) in [4.78, 5) is 10.8. The molecule has 0 radical (unpaired) electrons. The maximum absolute atomic E-state index is 5.75. The molecule has 1 fully saturated rings. The summed E-state index contributed by atoms with van der Waals surface area (Å²) in [6, 6.07) is 1.82. The van der Waals surface area contributed by atoms with Crippen LogP contribution in [0.15, 0.2) is 6.07 Å².